The Balaban J connectivity index is 1.73. The topological polar surface area (TPSA) is 77.1 Å². The van der Waals surface area contributed by atoms with Gasteiger partial charge in [-0.25, -0.2) is 4.68 Å². The molecular formula is C17H14BrN3O3. The van der Waals surface area contributed by atoms with Crippen LogP contribution >= 0.6 is 15.9 Å². The van der Waals surface area contributed by atoms with Crippen molar-refractivity contribution in [2.75, 3.05) is 0 Å². The van der Waals surface area contributed by atoms with Crippen LogP contribution in [-0.2, 0) is 17.9 Å². The number of amides is 1. The monoisotopic (exact) mass is 387 g/mol. The van der Waals surface area contributed by atoms with Crippen molar-refractivity contribution in [3.8, 4) is 11.3 Å². The van der Waals surface area contributed by atoms with Crippen LogP contribution in [0.1, 0.15) is 5.76 Å². The first-order valence-corrected chi connectivity index (χ1v) is 8.04. The van der Waals surface area contributed by atoms with Gasteiger partial charge >= 0.3 is 0 Å². The van der Waals surface area contributed by atoms with Crippen molar-refractivity contribution in [2.24, 2.45) is 0 Å². The molecule has 24 heavy (non-hydrogen) atoms. The van der Waals surface area contributed by atoms with E-state index < -0.39 is 0 Å². The predicted octanol–water partition coefficient (Wildman–Crippen LogP) is 2.58. The van der Waals surface area contributed by atoms with Crippen LogP contribution in [0, 0.1) is 0 Å². The van der Waals surface area contributed by atoms with E-state index in [1.165, 1.54) is 12.3 Å². The van der Waals surface area contributed by atoms with Gasteiger partial charge in [-0.05, 0) is 30.3 Å². The summed E-state index contributed by atoms with van der Waals surface area (Å²) < 4.78 is 7.24. The van der Waals surface area contributed by atoms with Gasteiger partial charge in [-0.1, -0.05) is 28.1 Å². The van der Waals surface area contributed by atoms with Crippen molar-refractivity contribution in [3.05, 3.63) is 75.4 Å². The van der Waals surface area contributed by atoms with Gasteiger partial charge in [0.15, 0.2) is 0 Å². The van der Waals surface area contributed by atoms with Gasteiger partial charge in [-0.2, -0.15) is 5.10 Å². The molecule has 0 atom stereocenters. The van der Waals surface area contributed by atoms with E-state index in [1.807, 2.05) is 24.3 Å². The molecular weight excluding hydrogens is 374 g/mol. The molecule has 0 saturated carbocycles. The quantitative estimate of drug-likeness (QED) is 0.729. The first-order valence-electron chi connectivity index (χ1n) is 7.25. The summed E-state index contributed by atoms with van der Waals surface area (Å²) in [6.07, 6.45) is 1.54. The highest BCUT2D eigenvalue weighted by Gasteiger charge is 2.08. The van der Waals surface area contributed by atoms with Crippen molar-refractivity contribution in [2.45, 2.75) is 13.1 Å². The maximum absolute atomic E-state index is 12.0. The van der Waals surface area contributed by atoms with Crippen LogP contribution in [0.5, 0.6) is 0 Å². The minimum absolute atomic E-state index is 0.149. The van der Waals surface area contributed by atoms with Crippen LogP contribution in [-0.4, -0.2) is 15.7 Å². The number of rotatable bonds is 5. The number of hydrogen-bond donors (Lipinski definition) is 1. The number of nitrogens with one attached hydrogen (secondary N) is 1. The highest BCUT2D eigenvalue weighted by Crippen LogP contribution is 2.18. The van der Waals surface area contributed by atoms with E-state index in [1.54, 1.807) is 18.2 Å². The normalized spacial score (nSPS) is 10.5. The van der Waals surface area contributed by atoms with Crippen molar-refractivity contribution in [3.63, 3.8) is 0 Å². The summed E-state index contributed by atoms with van der Waals surface area (Å²) >= 11 is 3.37. The first-order chi connectivity index (χ1) is 11.6. The number of nitrogens with zero attached hydrogens (tertiary/aromatic N) is 2. The van der Waals surface area contributed by atoms with Gasteiger partial charge in [0.1, 0.15) is 12.3 Å². The zero-order valence-corrected chi connectivity index (χ0v) is 14.2. The first kappa shape index (κ1) is 16.2. The van der Waals surface area contributed by atoms with Crippen LogP contribution in [0.25, 0.3) is 11.3 Å². The number of furan rings is 1. The van der Waals surface area contributed by atoms with E-state index in [2.05, 4.69) is 26.3 Å². The Morgan fingerprint density at radius 3 is 2.67 bits per heavy atom. The molecule has 1 N–H and O–H groups in total. The molecule has 3 rings (SSSR count). The van der Waals surface area contributed by atoms with Crippen molar-refractivity contribution >= 4 is 21.8 Å². The van der Waals surface area contributed by atoms with E-state index in [-0.39, 0.29) is 24.6 Å². The summed E-state index contributed by atoms with van der Waals surface area (Å²) in [6, 6.07) is 14.1. The Bertz CT molecular complexity index is 886. The summed E-state index contributed by atoms with van der Waals surface area (Å²) in [7, 11) is 0. The molecule has 0 radical (unpaired) electrons. The van der Waals surface area contributed by atoms with Gasteiger partial charge in [0.2, 0.25) is 5.91 Å². The lowest BCUT2D eigenvalue weighted by Gasteiger charge is -2.08. The second kappa shape index (κ2) is 7.27. The van der Waals surface area contributed by atoms with E-state index in [4.69, 9.17) is 4.42 Å². The van der Waals surface area contributed by atoms with Gasteiger partial charge in [-0.15, -0.1) is 0 Å². The summed E-state index contributed by atoms with van der Waals surface area (Å²) in [6.45, 7) is 0.122. The highest BCUT2D eigenvalue weighted by molar-refractivity contribution is 9.10. The third kappa shape index (κ3) is 3.99. The molecule has 0 aliphatic carbocycles. The molecule has 1 aromatic carbocycles. The lowest BCUT2D eigenvalue weighted by molar-refractivity contribution is -0.122. The van der Waals surface area contributed by atoms with Gasteiger partial charge in [0, 0.05) is 16.1 Å². The van der Waals surface area contributed by atoms with Gasteiger partial charge < -0.3 is 9.73 Å². The molecule has 0 spiro atoms. The zero-order chi connectivity index (χ0) is 16.9. The van der Waals surface area contributed by atoms with E-state index in [0.717, 1.165) is 14.7 Å². The van der Waals surface area contributed by atoms with Gasteiger partial charge in [0.25, 0.3) is 5.56 Å². The van der Waals surface area contributed by atoms with Gasteiger partial charge in [0.05, 0.1) is 18.5 Å². The second-order valence-corrected chi connectivity index (χ2v) is 5.99. The minimum Gasteiger partial charge on any atom is -0.467 e. The van der Waals surface area contributed by atoms with Crippen LogP contribution in [0.4, 0.5) is 0 Å². The third-order valence-corrected chi connectivity index (χ3v) is 3.87. The fraction of sp³-hybridized carbons (Fsp3) is 0.118. The molecule has 7 heteroatoms. The molecule has 0 fully saturated rings. The van der Waals surface area contributed by atoms with Crippen molar-refractivity contribution in [1.82, 2.24) is 15.1 Å². The minimum atomic E-state index is -0.330. The number of halogens is 1. The Morgan fingerprint density at radius 1 is 1.17 bits per heavy atom. The summed E-state index contributed by atoms with van der Waals surface area (Å²) in [4.78, 5) is 23.9. The standard InChI is InChI=1S/C17H14BrN3O3/c18-13-5-3-12(4-6-13)15-7-8-17(23)21(20-15)11-16(22)19-10-14-2-1-9-24-14/h1-9H,10-11H2,(H,19,22). The largest absolute Gasteiger partial charge is 0.467 e. The molecule has 0 saturated heterocycles. The zero-order valence-electron chi connectivity index (χ0n) is 12.6. The number of hydrogen-bond acceptors (Lipinski definition) is 4. The lowest BCUT2D eigenvalue weighted by Crippen LogP contribution is -2.33. The highest BCUT2D eigenvalue weighted by atomic mass is 79.9. The van der Waals surface area contributed by atoms with E-state index in [0.29, 0.717) is 11.5 Å². The molecule has 0 unspecified atom stereocenters. The summed E-state index contributed by atoms with van der Waals surface area (Å²) in [5, 5.41) is 6.95. The molecule has 3 aromatic rings. The second-order valence-electron chi connectivity index (χ2n) is 5.08. The van der Waals surface area contributed by atoms with E-state index >= 15 is 0 Å². The fourth-order valence-corrected chi connectivity index (χ4v) is 2.39. The number of benzene rings is 1. The van der Waals surface area contributed by atoms with E-state index in [9.17, 15) is 9.59 Å². The maximum Gasteiger partial charge on any atom is 0.267 e. The smallest absolute Gasteiger partial charge is 0.267 e. The Hall–Kier alpha value is -2.67. The lowest BCUT2D eigenvalue weighted by atomic mass is 10.1. The maximum atomic E-state index is 12.0. The molecule has 6 nitrogen and oxygen atoms in total. The molecule has 1 amide bonds. The molecule has 0 bridgehead atoms. The number of carbonyl (C=O) groups is 1. The predicted molar refractivity (Wildman–Crippen MR) is 92.2 cm³/mol. The molecule has 2 heterocycles. The molecule has 2 aromatic heterocycles. The molecule has 122 valence electrons. The Morgan fingerprint density at radius 2 is 1.96 bits per heavy atom. The molecule has 0 aliphatic heterocycles. The van der Waals surface area contributed by atoms with Crippen LogP contribution in [0.15, 0.2) is 68.5 Å². The van der Waals surface area contributed by atoms with Crippen molar-refractivity contribution in [1.29, 1.82) is 0 Å². The average Bonchev–Trinajstić information content (AvgIpc) is 3.09. The SMILES string of the molecule is O=C(Cn1nc(-c2ccc(Br)cc2)ccc1=O)NCc1ccco1. The van der Waals surface area contributed by atoms with Crippen LogP contribution < -0.4 is 10.9 Å². The Labute approximate surface area is 146 Å². The Kier molecular flexibility index (Phi) is 4.90. The van der Waals surface area contributed by atoms with Crippen molar-refractivity contribution < 1.29 is 9.21 Å². The van der Waals surface area contributed by atoms with Crippen LogP contribution in [0.3, 0.4) is 0 Å². The number of aromatic nitrogens is 2. The average molecular weight is 388 g/mol. The van der Waals surface area contributed by atoms with Gasteiger partial charge in [-0.3, -0.25) is 9.59 Å². The third-order valence-electron chi connectivity index (χ3n) is 3.34. The number of carbonyl (C=O) groups excluding carboxylic acids is 1. The summed E-state index contributed by atoms with van der Waals surface area (Å²) in [5.41, 5.74) is 1.16. The fourth-order valence-electron chi connectivity index (χ4n) is 2.13. The summed E-state index contributed by atoms with van der Waals surface area (Å²) in [5.74, 6) is 0.334. The molecule has 0 aliphatic rings. The van der Waals surface area contributed by atoms with Crippen LogP contribution in [0.2, 0.25) is 0 Å².